The van der Waals surface area contributed by atoms with E-state index in [1.165, 1.54) is 25.7 Å². The summed E-state index contributed by atoms with van der Waals surface area (Å²) >= 11 is 0. The summed E-state index contributed by atoms with van der Waals surface area (Å²) < 4.78 is 0. The van der Waals surface area contributed by atoms with Crippen LogP contribution in [0.15, 0.2) is 0 Å². The van der Waals surface area contributed by atoms with Crippen molar-refractivity contribution in [2.24, 2.45) is 5.92 Å². The molecule has 3 heteroatoms. The van der Waals surface area contributed by atoms with Crippen molar-refractivity contribution in [3.63, 3.8) is 0 Å². The van der Waals surface area contributed by atoms with E-state index in [0.29, 0.717) is 0 Å². The Bertz CT molecular complexity index is 190. The number of carbonyl (C=O) groups excluding carboxylic acids is 1. The summed E-state index contributed by atoms with van der Waals surface area (Å²) in [7, 11) is 3.65. The minimum absolute atomic E-state index is 0.172. The van der Waals surface area contributed by atoms with Crippen LogP contribution in [0.4, 0.5) is 4.79 Å². The van der Waals surface area contributed by atoms with Gasteiger partial charge in [-0.15, -0.1) is 0 Å². The van der Waals surface area contributed by atoms with Gasteiger partial charge in [-0.05, 0) is 25.2 Å². The van der Waals surface area contributed by atoms with Gasteiger partial charge in [0.05, 0.1) is 0 Å². The number of carbonyl (C=O) groups is 1. The van der Waals surface area contributed by atoms with Crippen LogP contribution >= 0.6 is 0 Å². The lowest BCUT2D eigenvalue weighted by molar-refractivity contribution is 0.140. The van der Waals surface area contributed by atoms with Gasteiger partial charge < -0.3 is 9.80 Å². The van der Waals surface area contributed by atoms with Gasteiger partial charge in [0.25, 0.3) is 0 Å². The first-order chi connectivity index (χ1) is 6.65. The molecule has 0 bridgehead atoms. The highest BCUT2D eigenvalue weighted by Crippen LogP contribution is 2.21. The third-order valence-electron chi connectivity index (χ3n) is 2.87. The van der Waals surface area contributed by atoms with Crippen molar-refractivity contribution in [2.75, 3.05) is 27.2 Å². The molecule has 1 unspecified atom stereocenters. The molecule has 1 aliphatic rings. The van der Waals surface area contributed by atoms with Crippen molar-refractivity contribution in [3.05, 3.63) is 0 Å². The van der Waals surface area contributed by atoms with Crippen LogP contribution < -0.4 is 0 Å². The maximum absolute atomic E-state index is 11.7. The van der Waals surface area contributed by atoms with Gasteiger partial charge in [-0.2, -0.15) is 0 Å². The van der Waals surface area contributed by atoms with Crippen molar-refractivity contribution < 1.29 is 4.79 Å². The highest BCUT2D eigenvalue weighted by Gasteiger charge is 2.23. The van der Waals surface area contributed by atoms with Crippen LogP contribution in [0.3, 0.4) is 0 Å². The predicted octanol–water partition coefficient (Wildman–Crippen LogP) is 2.18. The Morgan fingerprint density at radius 3 is 2.79 bits per heavy atom. The average molecular weight is 198 g/mol. The second-order valence-electron chi connectivity index (χ2n) is 4.42. The topological polar surface area (TPSA) is 23.6 Å². The molecule has 0 saturated carbocycles. The number of nitrogens with zero attached hydrogens (tertiary/aromatic N) is 2. The largest absolute Gasteiger partial charge is 0.331 e. The SMILES string of the molecule is CCCC1CCCN(C(=O)N(C)C)C1. The summed E-state index contributed by atoms with van der Waals surface area (Å²) in [6.07, 6.45) is 4.96. The third kappa shape index (κ3) is 2.89. The van der Waals surface area contributed by atoms with Crippen molar-refractivity contribution in [1.82, 2.24) is 9.80 Å². The lowest BCUT2D eigenvalue weighted by atomic mass is 9.94. The zero-order valence-corrected chi connectivity index (χ0v) is 9.62. The summed E-state index contributed by atoms with van der Waals surface area (Å²) in [6, 6.07) is 0.172. The lowest BCUT2D eigenvalue weighted by Crippen LogP contribution is -2.44. The Morgan fingerprint density at radius 1 is 1.50 bits per heavy atom. The number of urea groups is 1. The van der Waals surface area contributed by atoms with Gasteiger partial charge >= 0.3 is 6.03 Å². The Labute approximate surface area is 87.1 Å². The minimum Gasteiger partial charge on any atom is -0.331 e. The lowest BCUT2D eigenvalue weighted by Gasteiger charge is -2.34. The van der Waals surface area contributed by atoms with Gasteiger partial charge in [0.15, 0.2) is 0 Å². The Hall–Kier alpha value is -0.730. The van der Waals surface area contributed by atoms with Gasteiger partial charge in [-0.1, -0.05) is 13.3 Å². The van der Waals surface area contributed by atoms with Crippen LogP contribution in [0, 0.1) is 5.92 Å². The van der Waals surface area contributed by atoms with Gasteiger partial charge in [-0.25, -0.2) is 4.79 Å². The molecular weight excluding hydrogens is 176 g/mol. The summed E-state index contributed by atoms with van der Waals surface area (Å²) in [5, 5.41) is 0. The number of piperidine rings is 1. The zero-order valence-electron chi connectivity index (χ0n) is 9.62. The first-order valence-electron chi connectivity index (χ1n) is 5.61. The summed E-state index contributed by atoms with van der Waals surface area (Å²) in [6.45, 7) is 4.12. The molecule has 1 heterocycles. The maximum atomic E-state index is 11.7. The van der Waals surface area contributed by atoms with Crippen molar-refractivity contribution >= 4 is 6.03 Å². The molecule has 0 spiro atoms. The molecule has 0 aliphatic carbocycles. The summed E-state index contributed by atoms with van der Waals surface area (Å²) in [5.74, 6) is 0.734. The molecule has 0 aromatic carbocycles. The standard InChI is InChI=1S/C11H22N2O/c1-4-6-10-7-5-8-13(9-10)11(14)12(2)3/h10H,4-9H2,1-3H3. The highest BCUT2D eigenvalue weighted by molar-refractivity contribution is 5.73. The van der Waals surface area contributed by atoms with Crippen LogP contribution in [0.25, 0.3) is 0 Å². The Kier molecular flexibility index (Phi) is 4.23. The number of hydrogen-bond acceptors (Lipinski definition) is 1. The molecule has 0 N–H and O–H groups in total. The van der Waals surface area contributed by atoms with E-state index < -0.39 is 0 Å². The van der Waals surface area contributed by atoms with Crippen LogP contribution in [-0.2, 0) is 0 Å². The smallest absolute Gasteiger partial charge is 0.319 e. The van der Waals surface area contributed by atoms with E-state index in [4.69, 9.17) is 0 Å². The molecule has 2 amide bonds. The fraction of sp³-hybridized carbons (Fsp3) is 0.909. The number of likely N-dealkylation sites (tertiary alicyclic amines) is 1. The van der Waals surface area contributed by atoms with Crippen LogP contribution in [-0.4, -0.2) is 43.0 Å². The number of rotatable bonds is 2. The van der Waals surface area contributed by atoms with Crippen LogP contribution in [0.2, 0.25) is 0 Å². The van der Waals surface area contributed by atoms with E-state index in [9.17, 15) is 4.79 Å². The van der Waals surface area contributed by atoms with E-state index >= 15 is 0 Å². The van der Waals surface area contributed by atoms with Crippen molar-refractivity contribution in [1.29, 1.82) is 0 Å². The molecule has 1 fully saturated rings. The first-order valence-corrected chi connectivity index (χ1v) is 5.61. The van der Waals surface area contributed by atoms with Crippen LogP contribution in [0.1, 0.15) is 32.6 Å². The van der Waals surface area contributed by atoms with Crippen molar-refractivity contribution in [3.8, 4) is 0 Å². The quantitative estimate of drug-likeness (QED) is 0.667. The second-order valence-corrected chi connectivity index (χ2v) is 4.42. The Morgan fingerprint density at radius 2 is 2.21 bits per heavy atom. The summed E-state index contributed by atoms with van der Waals surface area (Å²) in [5.41, 5.74) is 0. The Balaban J connectivity index is 2.43. The molecule has 1 saturated heterocycles. The molecule has 0 radical (unpaired) electrons. The van der Waals surface area contributed by atoms with Crippen molar-refractivity contribution in [2.45, 2.75) is 32.6 Å². The molecule has 0 aromatic rings. The van der Waals surface area contributed by atoms with Gasteiger partial charge in [0.1, 0.15) is 0 Å². The fourth-order valence-electron chi connectivity index (χ4n) is 2.17. The highest BCUT2D eigenvalue weighted by atomic mass is 16.2. The number of hydrogen-bond donors (Lipinski definition) is 0. The van der Waals surface area contributed by atoms with Gasteiger partial charge in [-0.3, -0.25) is 0 Å². The molecule has 1 atom stereocenters. The average Bonchev–Trinajstić information content (AvgIpc) is 2.17. The van der Waals surface area contributed by atoms with E-state index in [2.05, 4.69) is 6.92 Å². The van der Waals surface area contributed by atoms with E-state index in [1.54, 1.807) is 4.90 Å². The summed E-state index contributed by atoms with van der Waals surface area (Å²) in [4.78, 5) is 15.4. The zero-order chi connectivity index (χ0) is 10.6. The molecular formula is C11H22N2O. The minimum atomic E-state index is 0.172. The fourth-order valence-corrected chi connectivity index (χ4v) is 2.17. The third-order valence-corrected chi connectivity index (χ3v) is 2.87. The van der Waals surface area contributed by atoms with Gasteiger partial charge in [0.2, 0.25) is 0 Å². The molecule has 1 aliphatic heterocycles. The first kappa shape index (κ1) is 11.3. The maximum Gasteiger partial charge on any atom is 0.319 e. The van der Waals surface area contributed by atoms with E-state index in [1.807, 2.05) is 19.0 Å². The van der Waals surface area contributed by atoms with Crippen LogP contribution in [0.5, 0.6) is 0 Å². The second kappa shape index (κ2) is 5.23. The molecule has 0 aromatic heterocycles. The predicted molar refractivity (Wildman–Crippen MR) is 58.3 cm³/mol. The monoisotopic (exact) mass is 198 g/mol. The number of amides is 2. The molecule has 1 rings (SSSR count). The van der Waals surface area contributed by atoms with Gasteiger partial charge in [0, 0.05) is 27.2 Å². The molecule has 14 heavy (non-hydrogen) atoms. The normalized spacial score (nSPS) is 22.2. The molecule has 3 nitrogen and oxygen atoms in total. The van der Waals surface area contributed by atoms with E-state index in [0.717, 1.165) is 19.0 Å². The molecule has 82 valence electrons. The van der Waals surface area contributed by atoms with E-state index in [-0.39, 0.29) is 6.03 Å².